The molecule has 0 aromatic heterocycles. The molecule has 0 bridgehead atoms. The summed E-state index contributed by atoms with van der Waals surface area (Å²) in [5.74, 6) is -0.460. The molecule has 0 heterocycles. The number of aryl methyl sites for hydroxylation is 1. The van der Waals surface area contributed by atoms with Gasteiger partial charge in [0.1, 0.15) is 5.82 Å². The molecule has 0 aliphatic carbocycles. The number of halogens is 3. The van der Waals surface area contributed by atoms with Crippen molar-refractivity contribution in [3.8, 4) is 0 Å². The Bertz CT molecular complexity index is 601. The van der Waals surface area contributed by atoms with Crippen molar-refractivity contribution < 1.29 is 9.50 Å². The van der Waals surface area contributed by atoms with Gasteiger partial charge >= 0.3 is 0 Å². The lowest BCUT2D eigenvalue weighted by Crippen LogP contribution is -2.02. The summed E-state index contributed by atoms with van der Waals surface area (Å²) in [6.07, 6.45) is -0.304. The summed E-state index contributed by atoms with van der Waals surface area (Å²) in [5, 5.41) is 10.3. The Kier molecular flexibility index (Phi) is 4.61. The van der Waals surface area contributed by atoms with Crippen LogP contribution in [0.2, 0.25) is 5.02 Å². The Hall–Kier alpha value is -0.900. The monoisotopic (exact) mass is 342 g/mol. The quantitative estimate of drug-likeness (QED) is 0.846. The van der Waals surface area contributed by atoms with Crippen molar-refractivity contribution >= 4 is 27.5 Å². The minimum absolute atomic E-state index is 0.0951. The summed E-state index contributed by atoms with van der Waals surface area (Å²) in [6, 6.07) is 10.3. The molecule has 0 saturated carbocycles. The Balaban J connectivity index is 2.17. The number of aliphatic hydroxyl groups is 1. The van der Waals surface area contributed by atoms with Crippen LogP contribution >= 0.6 is 27.5 Å². The first-order valence-corrected chi connectivity index (χ1v) is 7.02. The van der Waals surface area contributed by atoms with Gasteiger partial charge in [-0.2, -0.15) is 0 Å². The third kappa shape index (κ3) is 3.56. The molecular formula is C15H13BrClFO. The standard InChI is InChI=1S/C15H13BrClFO/c1-9-6-11(3-4-12(9)16)15(19)8-10-2-5-13(17)14(18)7-10/h2-7,15,19H,8H2,1H3. The maximum absolute atomic E-state index is 13.3. The van der Waals surface area contributed by atoms with Crippen LogP contribution in [0.15, 0.2) is 40.9 Å². The summed E-state index contributed by atoms with van der Waals surface area (Å²) in [7, 11) is 0. The highest BCUT2D eigenvalue weighted by atomic mass is 79.9. The maximum atomic E-state index is 13.3. The van der Waals surface area contributed by atoms with Crippen molar-refractivity contribution in [2.75, 3.05) is 0 Å². The van der Waals surface area contributed by atoms with Gasteiger partial charge in [0.15, 0.2) is 0 Å². The fraction of sp³-hybridized carbons (Fsp3) is 0.200. The van der Waals surface area contributed by atoms with Crippen molar-refractivity contribution in [2.45, 2.75) is 19.4 Å². The second-order valence-electron chi connectivity index (χ2n) is 4.48. The Morgan fingerprint density at radius 3 is 2.63 bits per heavy atom. The third-order valence-corrected chi connectivity index (χ3v) is 4.18. The molecule has 1 N–H and O–H groups in total. The van der Waals surface area contributed by atoms with E-state index in [1.807, 2.05) is 25.1 Å². The predicted octanol–water partition coefficient (Wildman–Crippen LogP) is 4.83. The summed E-state index contributed by atoms with van der Waals surface area (Å²) >= 11 is 9.05. The molecule has 100 valence electrons. The van der Waals surface area contributed by atoms with E-state index in [9.17, 15) is 9.50 Å². The van der Waals surface area contributed by atoms with Gasteiger partial charge in [-0.15, -0.1) is 0 Å². The van der Waals surface area contributed by atoms with E-state index in [0.29, 0.717) is 6.42 Å². The molecule has 0 aliphatic heterocycles. The molecule has 0 spiro atoms. The van der Waals surface area contributed by atoms with E-state index in [2.05, 4.69) is 15.9 Å². The molecule has 1 nitrogen and oxygen atoms in total. The van der Waals surface area contributed by atoms with Gasteiger partial charge in [0.2, 0.25) is 0 Å². The van der Waals surface area contributed by atoms with Crippen LogP contribution in [0.4, 0.5) is 4.39 Å². The lowest BCUT2D eigenvalue weighted by molar-refractivity contribution is 0.178. The van der Waals surface area contributed by atoms with Gasteiger partial charge in [-0.3, -0.25) is 0 Å². The maximum Gasteiger partial charge on any atom is 0.142 e. The minimum Gasteiger partial charge on any atom is -0.388 e. The molecule has 0 saturated heterocycles. The van der Waals surface area contributed by atoms with E-state index in [1.165, 1.54) is 12.1 Å². The number of hydrogen-bond acceptors (Lipinski definition) is 1. The average molecular weight is 344 g/mol. The lowest BCUT2D eigenvalue weighted by Gasteiger charge is -2.13. The van der Waals surface area contributed by atoms with Crippen molar-refractivity contribution in [2.24, 2.45) is 0 Å². The van der Waals surface area contributed by atoms with E-state index in [0.717, 1.165) is 21.2 Å². The Labute approximate surface area is 125 Å². The van der Waals surface area contributed by atoms with Gasteiger partial charge in [-0.05, 0) is 41.8 Å². The molecule has 1 unspecified atom stereocenters. The van der Waals surface area contributed by atoms with Crippen LogP contribution in [0, 0.1) is 12.7 Å². The zero-order valence-electron chi connectivity index (χ0n) is 10.3. The molecule has 2 rings (SSSR count). The first kappa shape index (κ1) is 14.5. The zero-order valence-corrected chi connectivity index (χ0v) is 12.7. The van der Waals surface area contributed by atoms with E-state index in [-0.39, 0.29) is 5.02 Å². The number of rotatable bonds is 3. The summed E-state index contributed by atoms with van der Waals surface area (Å²) in [5.41, 5.74) is 2.59. The van der Waals surface area contributed by atoms with Crippen LogP contribution in [-0.4, -0.2) is 5.11 Å². The van der Waals surface area contributed by atoms with Gasteiger partial charge in [-0.1, -0.05) is 45.7 Å². The summed E-state index contributed by atoms with van der Waals surface area (Å²) < 4.78 is 14.3. The van der Waals surface area contributed by atoms with E-state index < -0.39 is 11.9 Å². The van der Waals surface area contributed by atoms with Crippen LogP contribution in [0.3, 0.4) is 0 Å². The smallest absolute Gasteiger partial charge is 0.142 e. The third-order valence-electron chi connectivity index (χ3n) is 2.98. The van der Waals surface area contributed by atoms with Gasteiger partial charge < -0.3 is 5.11 Å². The van der Waals surface area contributed by atoms with Crippen LogP contribution < -0.4 is 0 Å². The highest BCUT2D eigenvalue weighted by Gasteiger charge is 2.11. The minimum atomic E-state index is -0.660. The molecule has 0 amide bonds. The molecule has 2 aromatic carbocycles. The first-order chi connectivity index (χ1) is 8.97. The Morgan fingerprint density at radius 2 is 2.00 bits per heavy atom. The largest absolute Gasteiger partial charge is 0.388 e. The number of benzene rings is 2. The normalized spacial score (nSPS) is 12.5. The second kappa shape index (κ2) is 6.04. The van der Waals surface area contributed by atoms with Crippen LogP contribution in [0.5, 0.6) is 0 Å². The van der Waals surface area contributed by atoms with E-state index in [1.54, 1.807) is 6.07 Å². The van der Waals surface area contributed by atoms with Crippen molar-refractivity contribution in [3.05, 3.63) is 68.4 Å². The summed E-state index contributed by atoms with van der Waals surface area (Å²) in [6.45, 7) is 1.96. The second-order valence-corrected chi connectivity index (χ2v) is 5.74. The molecule has 19 heavy (non-hydrogen) atoms. The van der Waals surface area contributed by atoms with Crippen molar-refractivity contribution in [3.63, 3.8) is 0 Å². The molecule has 0 radical (unpaired) electrons. The van der Waals surface area contributed by atoms with Gasteiger partial charge in [-0.25, -0.2) is 4.39 Å². The van der Waals surface area contributed by atoms with Gasteiger partial charge in [0.05, 0.1) is 11.1 Å². The Morgan fingerprint density at radius 1 is 1.26 bits per heavy atom. The van der Waals surface area contributed by atoms with Crippen LogP contribution in [0.1, 0.15) is 22.8 Å². The van der Waals surface area contributed by atoms with Crippen molar-refractivity contribution in [1.82, 2.24) is 0 Å². The molecule has 0 fully saturated rings. The van der Waals surface area contributed by atoms with E-state index in [4.69, 9.17) is 11.6 Å². The zero-order chi connectivity index (χ0) is 14.0. The van der Waals surface area contributed by atoms with Gasteiger partial charge in [0, 0.05) is 10.9 Å². The van der Waals surface area contributed by atoms with Crippen LogP contribution in [0.25, 0.3) is 0 Å². The van der Waals surface area contributed by atoms with Gasteiger partial charge in [0.25, 0.3) is 0 Å². The summed E-state index contributed by atoms with van der Waals surface area (Å²) in [4.78, 5) is 0. The topological polar surface area (TPSA) is 20.2 Å². The fourth-order valence-corrected chi connectivity index (χ4v) is 2.25. The fourth-order valence-electron chi connectivity index (χ4n) is 1.88. The predicted molar refractivity (Wildman–Crippen MR) is 79.0 cm³/mol. The molecular weight excluding hydrogens is 331 g/mol. The SMILES string of the molecule is Cc1cc(C(O)Cc2ccc(Cl)c(F)c2)ccc1Br. The average Bonchev–Trinajstić information content (AvgIpc) is 2.37. The van der Waals surface area contributed by atoms with E-state index >= 15 is 0 Å². The first-order valence-electron chi connectivity index (χ1n) is 5.85. The molecule has 2 aromatic rings. The molecule has 0 aliphatic rings. The number of aliphatic hydroxyl groups excluding tert-OH is 1. The highest BCUT2D eigenvalue weighted by molar-refractivity contribution is 9.10. The number of hydrogen-bond donors (Lipinski definition) is 1. The van der Waals surface area contributed by atoms with Crippen LogP contribution in [-0.2, 0) is 6.42 Å². The van der Waals surface area contributed by atoms with Crippen molar-refractivity contribution in [1.29, 1.82) is 0 Å². The molecule has 1 atom stereocenters. The lowest BCUT2D eigenvalue weighted by atomic mass is 10.00. The molecule has 4 heteroatoms. The highest BCUT2D eigenvalue weighted by Crippen LogP contribution is 2.25.